The van der Waals surface area contributed by atoms with Crippen molar-refractivity contribution in [1.82, 2.24) is 15.0 Å². The molecule has 0 fully saturated rings. The Hall–Kier alpha value is -4.53. The summed E-state index contributed by atoms with van der Waals surface area (Å²) in [5.74, 6) is 0.885. The zero-order valence-electron chi connectivity index (χ0n) is 17.9. The predicted octanol–water partition coefficient (Wildman–Crippen LogP) is 4.35. The van der Waals surface area contributed by atoms with E-state index in [9.17, 15) is 9.18 Å². The summed E-state index contributed by atoms with van der Waals surface area (Å²) < 4.78 is 25.6. The highest BCUT2D eigenvalue weighted by atomic mass is 19.1. The highest BCUT2D eigenvalue weighted by Crippen LogP contribution is 2.40. The first kappa shape index (κ1) is 21.7. The first-order valence-corrected chi connectivity index (χ1v) is 9.89. The van der Waals surface area contributed by atoms with E-state index in [0.717, 1.165) is 0 Å². The number of rotatable bonds is 7. The Balaban J connectivity index is 1.68. The molecule has 0 radical (unpaired) electrons. The van der Waals surface area contributed by atoms with Gasteiger partial charge in [0.25, 0.3) is 5.91 Å². The number of primary amides is 1. The summed E-state index contributed by atoms with van der Waals surface area (Å²) >= 11 is 0. The number of hydrogen-bond donors (Lipinski definition) is 1. The molecule has 2 N–H and O–H groups in total. The predicted molar refractivity (Wildman–Crippen MR) is 121 cm³/mol. The molecule has 4 aromatic rings. The fourth-order valence-electron chi connectivity index (χ4n) is 3.26. The lowest BCUT2D eigenvalue weighted by Crippen LogP contribution is -2.14. The van der Waals surface area contributed by atoms with Gasteiger partial charge in [-0.15, -0.1) is 0 Å². The Morgan fingerprint density at radius 2 is 1.79 bits per heavy atom. The van der Waals surface area contributed by atoms with Crippen molar-refractivity contribution < 1.29 is 18.7 Å². The van der Waals surface area contributed by atoms with E-state index in [1.165, 1.54) is 19.2 Å². The molecule has 0 aliphatic carbocycles. The van der Waals surface area contributed by atoms with E-state index in [2.05, 4.69) is 15.0 Å². The summed E-state index contributed by atoms with van der Waals surface area (Å²) in [6, 6.07) is 14.6. The molecule has 9 heteroatoms. The van der Waals surface area contributed by atoms with Crippen LogP contribution in [0.3, 0.4) is 0 Å². The first-order chi connectivity index (χ1) is 16.0. The maximum Gasteiger partial charge on any atom is 0.251 e. The molecular weight excluding hydrogens is 425 g/mol. The van der Waals surface area contributed by atoms with E-state index in [4.69, 9.17) is 15.2 Å². The Morgan fingerprint density at radius 1 is 1.00 bits per heavy atom. The van der Waals surface area contributed by atoms with Gasteiger partial charge < -0.3 is 15.2 Å². The number of nitrogens with zero attached hydrogens (tertiary/aromatic N) is 4. The smallest absolute Gasteiger partial charge is 0.251 e. The van der Waals surface area contributed by atoms with Gasteiger partial charge in [0, 0.05) is 37.3 Å². The summed E-state index contributed by atoms with van der Waals surface area (Å²) in [6.07, 6.45) is 4.91. The maximum atomic E-state index is 13.9. The monoisotopic (exact) mass is 445 g/mol. The van der Waals surface area contributed by atoms with Crippen LogP contribution in [0.15, 0.2) is 73.2 Å². The number of ether oxygens (including phenoxy) is 2. The van der Waals surface area contributed by atoms with Crippen LogP contribution in [0, 0.1) is 5.82 Å². The molecule has 1 amide bonds. The van der Waals surface area contributed by atoms with Crippen LogP contribution in [-0.2, 0) is 0 Å². The minimum absolute atomic E-state index is 0.203. The van der Waals surface area contributed by atoms with Gasteiger partial charge in [0.05, 0.1) is 12.7 Å². The van der Waals surface area contributed by atoms with E-state index in [1.54, 1.807) is 73.0 Å². The van der Waals surface area contributed by atoms with Crippen LogP contribution in [0.25, 0.3) is 11.1 Å². The lowest BCUT2D eigenvalue weighted by Gasteiger charge is -2.18. The van der Waals surface area contributed by atoms with Crippen LogP contribution in [0.4, 0.5) is 16.2 Å². The minimum atomic E-state index is -0.850. The largest absolute Gasteiger partial charge is 0.492 e. The number of aromatic nitrogens is 3. The molecule has 0 saturated heterocycles. The lowest BCUT2D eigenvalue weighted by atomic mass is 10.0. The molecule has 2 aromatic heterocycles. The second-order valence-corrected chi connectivity index (χ2v) is 6.96. The maximum absolute atomic E-state index is 13.9. The number of anilines is 2. The quantitative estimate of drug-likeness (QED) is 0.451. The van der Waals surface area contributed by atoms with Crippen molar-refractivity contribution in [2.24, 2.45) is 5.73 Å². The molecule has 0 unspecified atom stereocenters. The number of nitrogens with two attached hydrogens (primary N) is 1. The van der Waals surface area contributed by atoms with Gasteiger partial charge in [-0.05, 0) is 35.9 Å². The van der Waals surface area contributed by atoms with Crippen molar-refractivity contribution in [2.45, 2.75) is 0 Å². The Morgan fingerprint density at radius 3 is 2.52 bits per heavy atom. The van der Waals surface area contributed by atoms with Crippen molar-refractivity contribution in [1.29, 1.82) is 0 Å². The van der Waals surface area contributed by atoms with Crippen molar-refractivity contribution in [3.63, 3.8) is 0 Å². The number of hydrogen-bond acceptors (Lipinski definition) is 7. The molecule has 0 saturated carbocycles. The number of benzene rings is 2. The topological polar surface area (TPSA) is 103 Å². The molecule has 2 heterocycles. The zero-order valence-corrected chi connectivity index (χ0v) is 17.9. The third-order valence-electron chi connectivity index (χ3n) is 4.87. The number of para-hydroxylation sites is 1. The molecule has 0 aliphatic heterocycles. The summed E-state index contributed by atoms with van der Waals surface area (Å²) in [6.45, 7) is 0. The standard InChI is InChI=1S/C24H20FN5O3/c1-30(24-28-10-4-11-29-24)21-14-16(9-12-27-21)33-20-6-3-5-17(22(20)32-2)15-7-8-19(25)18(13-15)23(26)31/h3-14H,1-2H3,(H2,26,31). The van der Waals surface area contributed by atoms with Crippen molar-refractivity contribution in [2.75, 3.05) is 19.1 Å². The van der Waals surface area contributed by atoms with Crippen LogP contribution >= 0.6 is 0 Å². The highest BCUT2D eigenvalue weighted by molar-refractivity contribution is 5.94. The summed E-state index contributed by atoms with van der Waals surface area (Å²) in [7, 11) is 3.30. The molecule has 2 aromatic carbocycles. The van der Waals surface area contributed by atoms with E-state index in [0.29, 0.717) is 40.1 Å². The highest BCUT2D eigenvalue weighted by Gasteiger charge is 2.17. The van der Waals surface area contributed by atoms with E-state index < -0.39 is 11.7 Å². The molecular formula is C24H20FN5O3. The summed E-state index contributed by atoms with van der Waals surface area (Å²) in [5.41, 5.74) is 6.26. The summed E-state index contributed by atoms with van der Waals surface area (Å²) in [5, 5.41) is 0. The fourth-order valence-corrected chi connectivity index (χ4v) is 3.26. The van der Waals surface area contributed by atoms with E-state index >= 15 is 0 Å². The Bertz CT molecular complexity index is 1300. The Labute approximate surface area is 189 Å². The second kappa shape index (κ2) is 9.31. The third-order valence-corrected chi connectivity index (χ3v) is 4.87. The van der Waals surface area contributed by atoms with Gasteiger partial charge in [0.1, 0.15) is 17.4 Å². The summed E-state index contributed by atoms with van der Waals surface area (Å²) in [4.78, 5) is 26.1. The third kappa shape index (κ3) is 4.57. The molecule has 0 bridgehead atoms. The van der Waals surface area contributed by atoms with E-state index in [-0.39, 0.29) is 5.56 Å². The molecule has 0 atom stereocenters. The minimum Gasteiger partial charge on any atom is -0.492 e. The van der Waals surface area contributed by atoms with E-state index in [1.807, 2.05) is 0 Å². The second-order valence-electron chi connectivity index (χ2n) is 6.96. The van der Waals surface area contributed by atoms with Crippen LogP contribution in [0.1, 0.15) is 10.4 Å². The average molecular weight is 445 g/mol. The van der Waals surface area contributed by atoms with Gasteiger partial charge in [-0.25, -0.2) is 19.3 Å². The lowest BCUT2D eigenvalue weighted by molar-refractivity contribution is 0.0996. The van der Waals surface area contributed by atoms with Crippen LogP contribution in [0.5, 0.6) is 17.2 Å². The molecule has 0 spiro atoms. The Kier molecular flexibility index (Phi) is 6.12. The van der Waals surface area contributed by atoms with Crippen LogP contribution in [0.2, 0.25) is 0 Å². The van der Waals surface area contributed by atoms with Gasteiger partial charge in [0.15, 0.2) is 11.5 Å². The van der Waals surface area contributed by atoms with Gasteiger partial charge >= 0.3 is 0 Å². The van der Waals surface area contributed by atoms with Gasteiger partial charge in [-0.2, -0.15) is 0 Å². The number of carbonyl (C=O) groups is 1. The molecule has 33 heavy (non-hydrogen) atoms. The number of carbonyl (C=O) groups excluding carboxylic acids is 1. The molecule has 166 valence electrons. The van der Waals surface area contributed by atoms with Crippen LogP contribution < -0.4 is 20.1 Å². The fraction of sp³-hybridized carbons (Fsp3) is 0.0833. The molecule has 4 rings (SSSR count). The number of methoxy groups -OCH3 is 1. The van der Waals surface area contributed by atoms with Gasteiger partial charge in [-0.3, -0.25) is 9.69 Å². The average Bonchev–Trinajstić information content (AvgIpc) is 2.84. The SMILES string of the molecule is COc1c(Oc2ccnc(N(C)c3ncccn3)c2)cccc1-c1ccc(F)c(C(N)=O)c1. The van der Waals surface area contributed by atoms with Crippen molar-refractivity contribution in [3.05, 3.63) is 84.6 Å². The normalized spacial score (nSPS) is 10.5. The van der Waals surface area contributed by atoms with Crippen LogP contribution in [-0.4, -0.2) is 35.0 Å². The zero-order chi connectivity index (χ0) is 23.4. The number of pyridine rings is 1. The van der Waals surface area contributed by atoms with Gasteiger partial charge in [0.2, 0.25) is 5.95 Å². The number of halogens is 1. The van der Waals surface area contributed by atoms with Crippen molar-refractivity contribution >= 4 is 17.7 Å². The van der Waals surface area contributed by atoms with Crippen molar-refractivity contribution in [3.8, 4) is 28.4 Å². The molecule has 8 nitrogen and oxygen atoms in total. The molecule has 0 aliphatic rings. The number of amides is 1. The first-order valence-electron chi connectivity index (χ1n) is 9.89. The van der Waals surface area contributed by atoms with Gasteiger partial charge in [-0.1, -0.05) is 18.2 Å².